The first kappa shape index (κ1) is 13.1. The number of carbonyl (C=O) groups is 1. The van der Waals surface area contributed by atoms with Crippen LogP contribution in [0, 0.1) is 0 Å². The van der Waals surface area contributed by atoms with Crippen molar-refractivity contribution in [2.45, 2.75) is 45.4 Å². The maximum absolute atomic E-state index is 11.8. The van der Waals surface area contributed by atoms with Crippen molar-refractivity contribution in [2.75, 3.05) is 5.32 Å². The van der Waals surface area contributed by atoms with Crippen molar-refractivity contribution < 1.29 is 9.53 Å². The molecular formula is C14H20N2O2. The molecule has 3 N–H and O–H groups in total. The van der Waals surface area contributed by atoms with Crippen LogP contribution in [0.5, 0.6) is 0 Å². The van der Waals surface area contributed by atoms with E-state index >= 15 is 0 Å². The van der Waals surface area contributed by atoms with E-state index in [1.54, 1.807) is 0 Å². The van der Waals surface area contributed by atoms with Crippen LogP contribution in [0.2, 0.25) is 0 Å². The van der Waals surface area contributed by atoms with E-state index in [0.29, 0.717) is 26.1 Å². The van der Waals surface area contributed by atoms with Crippen molar-refractivity contribution in [1.29, 1.82) is 0 Å². The van der Waals surface area contributed by atoms with Gasteiger partial charge in [-0.1, -0.05) is 6.07 Å². The normalized spacial score (nSPS) is 14.4. The quantitative estimate of drug-likeness (QED) is 0.858. The zero-order valence-electron chi connectivity index (χ0n) is 11.0. The van der Waals surface area contributed by atoms with Crippen LogP contribution >= 0.6 is 0 Å². The van der Waals surface area contributed by atoms with Crippen molar-refractivity contribution >= 4 is 11.6 Å². The van der Waals surface area contributed by atoms with Crippen molar-refractivity contribution in [3.8, 4) is 0 Å². The molecule has 1 aliphatic heterocycles. The van der Waals surface area contributed by atoms with Crippen molar-refractivity contribution in [2.24, 2.45) is 5.73 Å². The van der Waals surface area contributed by atoms with Gasteiger partial charge in [-0.05, 0) is 43.5 Å². The Balaban J connectivity index is 1.91. The Labute approximate surface area is 108 Å². The molecule has 2 rings (SSSR count). The van der Waals surface area contributed by atoms with Crippen LogP contribution in [0.25, 0.3) is 0 Å². The van der Waals surface area contributed by atoms with Gasteiger partial charge in [-0.2, -0.15) is 0 Å². The second-order valence-electron chi connectivity index (χ2n) is 5.51. The highest BCUT2D eigenvalue weighted by Crippen LogP contribution is 2.23. The molecule has 1 amide bonds. The van der Waals surface area contributed by atoms with E-state index in [2.05, 4.69) is 5.32 Å². The van der Waals surface area contributed by atoms with Gasteiger partial charge < -0.3 is 15.8 Å². The number of rotatable bonds is 4. The fraction of sp³-hybridized carbons (Fsp3) is 0.500. The number of benzene rings is 1. The van der Waals surface area contributed by atoms with E-state index in [0.717, 1.165) is 11.3 Å². The molecule has 1 aliphatic rings. The summed E-state index contributed by atoms with van der Waals surface area (Å²) in [4.78, 5) is 11.8. The summed E-state index contributed by atoms with van der Waals surface area (Å²) < 4.78 is 5.34. The van der Waals surface area contributed by atoms with Gasteiger partial charge in [0.15, 0.2) is 0 Å². The first-order valence-electron chi connectivity index (χ1n) is 6.22. The van der Waals surface area contributed by atoms with Crippen LogP contribution in [-0.2, 0) is 22.7 Å². The van der Waals surface area contributed by atoms with E-state index in [-0.39, 0.29) is 11.4 Å². The zero-order chi connectivity index (χ0) is 13.2. The second-order valence-corrected chi connectivity index (χ2v) is 5.51. The molecule has 18 heavy (non-hydrogen) atoms. The van der Waals surface area contributed by atoms with Gasteiger partial charge in [0.2, 0.25) is 5.91 Å². The van der Waals surface area contributed by atoms with E-state index in [9.17, 15) is 4.79 Å². The molecule has 4 nitrogen and oxygen atoms in total. The van der Waals surface area contributed by atoms with Crippen molar-refractivity contribution in [3.05, 3.63) is 29.3 Å². The molecule has 0 fully saturated rings. The number of nitrogens with two attached hydrogens (primary N) is 1. The van der Waals surface area contributed by atoms with Crippen molar-refractivity contribution in [3.63, 3.8) is 0 Å². The molecule has 0 spiro atoms. The lowest BCUT2D eigenvalue weighted by molar-refractivity contribution is -0.116. The minimum absolute atomic E-state index is 0.00684. The number of amides is 1. The average molecular weight is 248 g/mol. The van der Waals surface area contributed by atoms with Gasteiger partial charge in [-0.15, -0.1) is 0 Å². The number of fused-ring (bicyclic) bond motifs is 1. The molecule has 98 valence electrons. The number of carbonyl (C=O) groups excluding carboxylic acids is 1. The monoisotopic (exact) mass is 248 g/mol. The number of ether oxygens (including phenoxy) is 1. The summed E-state index contributed by atoms with van der Waals surface area (Å²) in [7, 11) is 0. The molecule has 0 atom stereocenters. The summed E-state index contributed by atoms with van der Waals surface area (Å²) in [5.74, 6) is 0.00684. The first-order chi connectivity index (χ1) is 8.44. The van der Waals surface area contributed by atoms with Crippen LogP contribution < -0.4 is 11.1 Å². The SMILES string of the molecule is CC(C)(N)CCC(=O)Nc1ccc2c(c1)COC2. The number of anilines is 1. The van der Waals surface area contributed by atoms with Gasteiger partial charge in [-0.3, -0.25) is 4.79 Å². The predicted molar refractivity (Wildman–Crippen MR) is 71.1 cm³/mol. The molecule has 0 bridgehead atoms. The minimum atomic E-state index is -0.302. The van der Waals surface area contributed by atoms with E-state index < -0.39 is 0 Å². The Hall–Kier alpha value is -1.39. The smallest absolute Gasteiger partial charge is 0.224 e. The summed E-state index contributed by atoms with van der Waals surface area (Å²) >= 11 is 0. The van der Waals surface area contributed by atoms with E-state index in [1.807, 2.05) is 32.0 Å². The maximum Gasteiger partial charge on any atom is 0.224 e. The summed E-state index contributed by atoms with van der Waals surface area (Å²) in [5, 5.41) is 2.89. The Kier molecular flexibility index (Phi) is 3.68. The van der Waals surface area contributed by atoms with Crippen LogP contribution in [0.3, 0.4) is 0 Å². The molecule has 0 saturated carbocycles. The maximum atomic E-state index is 11.8. The fourth-order valence-electron chi connectivity index (χ4n) is 1.91. The highest BCUT2D eigenvalue weighted by atomic mass is 16.5. The van der Waals surface area contributed by atoms with E-state index in [1.165, 1.54) is 5.56 Å². The molecule has 0 radical (unpaired) electrons. The van der Waals surface area contributed by atoms with Crippen LogP contribution in [-0.4, -0.2) is 11.4 Å². The number of hydrogen-bond donors (Lipinski definition) is 2. The Morgan fingerprint density at radius 2 is 2.11 bits per heavy atom. The standard InChI is InChI=1S/C14H20N2O2/c1-14(2,15)6-5-13(17)16-12-4-3-10-8-18-9-11(10)7-12/h3-4,7H,5-6,8-9,15H2,1-2H3,(H,16,17). The second kappa shape index (κ2) is 5.08. The van der Waals surface area contributed by atoms with Gasteiger partial charge in [0.05, 0.1) is 13.2 Å². The Morgan fingerprint density at radius 3 is 2.83 bits per heavy atom. The molecule has 0 saturated heterocycles. The lowest BCUT2D eigenvalue weighted by Crippen LogP contribution is -2.33. The molecule has 1 heterocycles. The van der Waals surface area contributed by atoms with Gasteiger partial charge >= 0.3 is 0 Å². The number of nitrogens with one attached hydrogen (secondary N) is 1. The average Bonchev–Trinajstić information content (AvgIpc) is 2.72. The molecule has 0 aliphatic carbocycles. The molecular weight excluding hydrogens is 228 g/mol. The largest absolute Gasteiger partial charge is 0.372 e. The lowest BCUT2D eigenvalue weighted by Gasteiger charge is -2.17. The predicted octanol–water partition coefficient (Wildman–Crippen LogP) is 2.17. The Bertz CT molecular complexity index is 450. The van der Waals surface area contributed by atoms with Gasteiger partial charge in [-0.25, -0.2) is 0 Å². The molecule has 1 aromatic rings. The summed E-state index contributed by atoms with van der Waals surface area (Å²) in [6.07, 6.45) is 1.12. The van der Waals surface area contributed by atoms with Gasteiger partial charge in [0.25, 0.3) is 0 Å². The van der Waals surface area contributed by atoms with Gasteiger partial charge in [0, 0.05) is 17.6 Å². The van der Waals surface area contributed by atoms with Crippen LogP contribution in [0.1, 0.15) is 37.8 Å². The summed E-state index contributed by atoms with van der Waals surface area (Å²) in [6, 6.07) is 5.90. The van der Waals surface area contributed by atoms with Crippen LogP contribution in [0.4, 0.5) is 5.69 Å². The minimum Gasteiger partial charge on any atom is -0.372 e. The molecule has 4 heteroatoms. The van der Waals surface area contributed by atoms with E-state index in [4.69, 9.17) is 10.5 Å². The lowest BCUT2D eigenvalue weighted by atomic mass is 10.00. The Morgan fingerprint density at radius 1 is 1.39 bits per heavy atom. The third-order valence-corrected chi connectivity index (χ3v) is 3.00. The third-order valence-electron chi connectivity index (χ3n) is 3.00. The first-order valence-corrected chi connectivity index (χ1v) is 6.22. The van der Waals surface area contributed by atoms with Crippen LogP contribution in [0.15, 0.2) is 18.2 Å². The van der Waals surface area contributed by atoms with Gasteiger partial charge in [0.1, 0.15) is 0 Å². The summed E-state index contributed by atoms with van der Waals surface area (Å²) in [5.41, 5.74) is 8.75. The molecule has 0 aromatic heterocycles. The number of hydrogen-bond acceptors (Lipinski definition) is 3. The molecule has 1 aromatic carbocycles. The topological polar surface area (TPSA) is 64.4 Å². The molecule has 0 unspecified atom stereocenters. The fourth-order valence-corrected chi connectivity index (χ4v) is 1.91. The highest BCUT2D eigenvalue weighted by molar-refractivity contribution is 5.90. The highest BCUT2D eigenvalue weighted by Gasteiger charge is 2.15. The zero-order valence-corrected chi connectivity index (χ0v) is 11.0. The van der Waals surface area contributed by atoms with Crippen molar-refractivity contribution in [1.82, 2.24) is 0 Å². The third kappa shape index (κ3) is 3.55. The summed E-state index contributed by atoms with van der Waals surface area (Å²) in [6.45, 7) is 5.15.